The SMILES string of the molecule is CCNC(Cc1ncnn1CC(C)C)C(C)OC. The summed E-state index contributed by atoms with van der Waals surface area (Å²) < 4.78 is 7.41. The molecule has 0 aliphatic carbocycles. The van der Waals surface area contributed by atoms with Crippen molar-refractivity contribution in [1.82, 2.24) is 20.1 Å². The molecular formula is C13H26N4O. The summed E-state index contributed by atoms with van der Waals surface area (Å²) in [5.74, 6) is 1.60. The van der Waals surface area contributed by atoms with Crippen molar-refractivity contribution in [3.05, 3.63) is 12.2 Å². The van der Waals surface area contributed by atoms with E-state index in [9.17, 15) is 0 Å². The van der Waals surface area contributed by atoms with Gasteiger partial charge >= 0.3 is 0 Å². The Bertz CT molecular complexity index is 337. The van der Waals surface area contributed by atoms with Crippen LogP contribution in [0.3, 0.4) is 0 Å². The van der Waals surface area contributed by atoms with E-state index in [-0.39, 0.29) is 12.1 Å². The molecule has 1 aromatic rings. The minimum Gasteiger partial charge on any atom is -0.380 e. The predicted molar refractivity (Wildman–Crippen MR) is 72.5 cm³/mol. The number of methoxy groups -OCH3 is 1. The summed E-state index contributed by atoms with van der Waals surface area (Å²) >= 11 is 0. The second kappa shape index (κ2) is 7.48. The molecule has 0 aromatic carbocycles. The predicted octanol–water partition coefficient (Wildman–Crippen LogP) is 1.49. The smallest absolute Gasteiger partial charge is 0.138 e. The van der Waals surface area contributed by atoms with Crippen LogP contribution in [-0.2, 0) is 17.7 Å². The van der Waals surface area contributed by atoms with Gasteiger partial charge in [-0.1, -0.05) is 20.8 Å². The van der Waals surface area contributed by atoms with Gasteiger partial charge in [-0.2, -0.15) is 5.10 Å². The van der Waals surface area contributed by atoms with Gasteiger partial charge in [-0.05, 0) is 19.4 Å². The first-order valence-electron chi connectivity index (χ1n) is 6.71. The standard InChI is InChI=1S/C13H26N4O/c1-6-14-12(11(4)18-5)7-13-15-9-16-17(13)8-10(2)3/h9-12,14H,6-8H2,1-5H3. The van der Waals surface area contributed by atoms with Crippen LogP contribution in [0.5, 0.6) is 0 Å². The van der Waals surface area contributed by atoms with Crippen LogP contribution in [0.1, 0.15) is 33.5 Å². The van der Waals surface area contributed by atoms with Crippen LogP contribution in [0.2, 0.25) is 0 Å². The molecule has 18 heavy (non-hydrogen) atoms. The van der Waals surface area contributed by atoms with Crippen molar-refractivity contribution in [3.63, 3.8) is 0 Å². The van der Waals surface area contributed by atoms with Crippen molar-refractivity contribution >= 4 is 0 Å². The normalized spacial score (nSPS) is 15.0. The highest BCUT2D eigenvalue weighted by Crippen LogP contribution is 2.08. The second-order valence-electron chi connectivity index (χ2n) is 5.06. The van der Waals surface area contributed by atoms with Crippen molar-refractivity contribution in [3.8, 4) is 0 Å². The zero-order valence-corrected chi connectivity index (χ0v) is 12.2. The maximum atomic E-state index is 5.41. The molecule has 0 aliphatic heterocycles. The van der Waals surface area contributed by atoms with Crippen LogP contribution in [0.25, 0.3) is 0 Å². The molecule has 0 spiro atoms. The molecule has 0 aliphatic rings. The van der Waals surface area contributed by atoms with E-state index in [1.807, 2.05) is 4.68 Å². The van der Waals surface area contributed by atoms with Crippen LogP contribution in [0, 0.1) is 5.92 Å². The number of aromatic nitrogens is 3. The molecule has 0 saturated carbocycles. The molecule has 2 atom stereocenters. The summed E-state index contributed by atoms with van der Waals surface area (Å²) in [5.41, 5.74) is 0. The molecule has 1 rings (SSSR count). The number of likely N-dealkylation sites (N-methyl/N-ethyl adjacent to an activating group) is 1. The van der Waals surface area contributed by atoms with Crippen LogP contribution in [0.15, 0.2) is 6.33 Å². The van der Waals surface area contributed by atoms with Crippen LogP contribution in [0.4, 0.5) is 0 Å². The van der Waals surface area contributed by atoms with Gasteiger partial charge in [-0.3, -0.25) is 0 Å². The monoisotopic (exact) mass is 254 g/mol. The third-order valence-electron chi connectivity index (χ3n) is 3.04. The molecule has 1 N–H and O–H groups in total. The van der Waals surface area contributed by atoms with E-state index in [4.69, 9.17) is 4.74 Å². The number of hydrogen-bond acceptors (Lipinski definition) is 4. The first-order valence-corrected chi connectivity index (χ1v) is 6.71. The van der Waals surface area contributed by atoms with Gasteiger partial charge in [0.05, 0.1) is 6.10 Å². The lowest BCUT2D eigenvalue weighted by Gasteiger charge is -2.23. The van der Waals surface area contributed by atoms with Crippen LogP contribution >= 0.6 is 0 Å². The lowest BCUT2D eigenvalue weighted by Crippen LogP contribution is -2.41. The molecule has 0 saturated heterocycles. The third-order valence-corrected chi connectivity index (χ3v) is 3.04. The number of ether oxygens (including phenoxy) is 1. The van der Waals surface area contributed by atoms with Gasteiger partial charge in [-0.25, -0.2) is 9.67 Å². The Kier molecular flexibility index (Phi) is 6.29. The third kappa shape index (κ3) is 4.38. The fourth-order valence-corrected chi connectivity index (χ4v) is 1.97. The van der Waals surface area contributed by atoms with E-state index in [1.54, 1.807) is 13.4 Å². The minimum atomic E-state index is 0.161. The van der Waals surface area contributed by atoms with Crippen LogP contribution < -0.4 is 5.32 Å². The van der Waals surface area contributed by atoms with E-state index >= 15 is 0 Å². The summed E-state index contributed by atoms with van der Waals surface area (Å²) in [5, 5.41) is 7.74. The average Bonchev–Trinajstić information content (AvgIpc) is 2.74. The van der Waals surface area contributed by atoms with Crippen molar-refractivity contribution < 1.29 is 4.74 Å². The molecule has 0 radical (unpaired) electrons. The van der Waals surface area contributed by atoms with Gasteiger partial charge in [0.25, 0.3) is 0 Å². The Morgan fingerprint density at radius 1 is 1.39 bits per heavy atom. The molecule has 1 heterocycles. The Balaban J connectivity index is 2.71. The van der Waals surface area contributed by atoms with E-state index in [1.165, 1.54) is 0 Å². The highest BCUT2D eigenvalue weighted by atomic mass is 16.5. The van der Waals surface area contributed by atoms with Gasteiger partial charge in [0, 0.05) is 26.1 Å². The molecular weight excluding hydrogens is 228 g/mol. The zero-order chi connectivity index (χ0) is 13.5. The van der Waals surface area contributed by atoms with Gasteiger partial charge in [0.1, 0.15) is 12.2 Å². The van der Waals surface area contributed by atoms with E-state index in [0.29, 0.717) is 5.92 Å². The lowest BCUT2D eigenvalue weighted by molar-refractivity contribution is 0.0825. The van der Waals surface area contributed by atoms with Crippen molar-refractivity contribution in [1.29, 1.82) is 0 Å². The average molecular weight is 254 g/mol. The Morgan fingerprint density at radius 3 is 2.67 bits per heavy atom. The van der Waals surface area contributed by atoms with Gasteiger partial charge in [-0.15, -0.1) is 0 Å². The van der Waals surface area contributed by atoms with Crippen LogP contribution in [-0.4, -0.2) is 40.6 Å². The first kappa shape index (κ1) is 15.1. The van der Waals surface area contributed by atoms with Crippen molar-refractivity contribution in [2.24, 2.45) is 5.92 Å². The highest BCUT2D eigenvalue weighted by molar-refractivity contribution is 4.92. The Labute approximate surface area is 110 Å². The summed E-state index contributed by atoms with van der Waals surface area (Å²) in [6.45, 7) is 10.4. The topological polar surface area (TPSA) is 52.0 Å². The van der Waals surface area contributed by atoms with Gasteiger partial charge < -0.3 is 10.1 Å². The summed E-state index contributed by atoms with van der Waals surface area (Å²) in [4.78, 5) is 4.36. The zero-order valence-electron chi connectivity index (χ0n) is 12.2. The highest BCUT2D eigenvalue weighted by Gasteiger charge is 2.19. The van der Waals surface area contributed by atoms with Crippen molar-refractivity contribution in [2.45, 2.75) is 52.8 Å². The molecule has 5 heteroatoms. The molecule has 104 valence electrons. The van der Waals surface area contributed by atoms with E-state index in [0.717, 1.165) is 25.3 Å². The number of nitrogens with one attached hydrogen (secondary N) is 1. The Morgan fingerprint density at radius 2 is 2.11 bits per heavy atom. The number of rotatable bonds is 8. The molecule has 0 amide bonds. The largest absolute Gasteiger partial charge is 0.380 e. The molecule has 0 fully saturated rings. The van der Waals surface area contributed by atoms with Crippen molar-refractivity contribution in [2.75, 3.05) is 13.7 Å². The molecule has 0 bridgehead atoms. The van der Waals surface area contributed by atoms with E-state index in [2.05, 4.69) is 43.1 Å². The minimum absolute atomic E-state index is 0.161. The maximum absolute atomic E-state index is 5.41. The lowest BCUT2D eigenvalue weighted by atomic mass is 10.1. The fourth-order valence-electron chi connectivity index (χ4n) is 1.97. The Hall–Kier alpha value is -0.940. The molecule has 1 aromatic heterocycles. The van der Waals surface area contributed by atoms with Gasteiger partial charge in [0.15, 0.2) is 0 Å². The summed E-state index contributed by atoms with van der Waals surface area (Å²) in [7, 11) is 1.74. The number of hydrogen-bond donors (Lipinski definition) is 1. The van der Waals surface area contributed by atoms with E-state index < -0.39 is 0 Å². The summed E-state index contributed by atoms with van der Waals surface area (Å²) in [6, 6.07) is 0.273. The fraction of sp³-hybridized carbons (Fsp3) is 0.846. The quantitative estimate of drug-likeness (QED) is 0.763. The first-order chi connectivity index (χ1) is 8.58. The van der Waals surface area contributed by atoms with Gasteiger partial charge in [0.2, 0.25) is 0 Å². The number of nitrogens with zero attached hydrogens (tertiary/aromatic N) is 3. The molecule has 5 nitrogen and oxygen atoms in total. The second-order valence-corrected chi connectivity index (χ2v) is 5.06. The molecule has 2 unspecified atom stereocenters. The summed E-state index contributed by atoms with van der Waals surface area (Å²) in [6.07, 6.45) is 2.64. The maximum Gasteiger partial charge on any atom is 0.138 e.